The molecule has 3 heteroatoms. The molecule has 0 unspecified atom stereocenters. The standard InChI is InChI=1S/C21H25.C11H7F2.C3H6.Hf/c1-20(2,3)16-7-9-18-14(12-16)11-15-13-17(21(4,5)6)8-10-19(15)18;12-10-7-3-6-9(11(10)13)8-4-1-2-5-8;1-3-2;/h7-13H,1-6H3;1,3-4,6-7H,2H2;1-2H3;/q2*-1;;+2. The second kappa shape index (κ2) is 12.2. The molecule has 0 saturated carbocycles. The smallest absolute Gasteiger partial charge is 0.146 e. The van der Waals surface area contributed by atoms with Gasteiger partial charge in [-0.2, -0.15) is 17.7 Å². The van der Waals surface area contributed by atoms with Gasteiger partial charge in [0.2, 0.25) is 0 Å². The maximum Gasteiger partial charge on any atom is 0.146 e. The van der Waals surface area contributed by atoms with Crippen LogP contribution in [0.25, 0.3) is 27.1 Å². The molecule has 0 aromatic heterocycles. The van der Waals surface area contributed by atoms with Crippen LogP contribution in [0, 0.1) is 17.7 Å². The molecule has 0 saturated heterocycles. The van der Waals surface area contributed by atoms with E-state index in [-0.39, 0.29) is 16.4 Å². The molecule has 0 heterocycles. The van der Waals surface area contributed by atoms with E-state index in [0.29, 0.717) is 12.0 Å². The van der Waals surface area contributed by atoms with Gasteiger partial charge in [-0.15, -0.1) is 51.9 Å². The summed E-state index contributed by atoms with van der Waals surface area (Å²) in [5.74, 6) is -1.61. The number of fused-ring (bicyclic) bond motifs is 3. The van der Waals surface area contributed by atoms with Crippen LogP contribution in [0.2, 0.25) is 0 Å². The van der Waals surface area contributed by atoms with Crippen LogP contribution >= 0.6 is 0 Å². The van der Waals surface area contributed by atoms with Crippen molar-refractivity contribution in [3.8, 4) is 0 Å². The molecule has 196 valence electrons. The number of hydrogen-bond donors (Lipinski definition) is 0. The van der Waals surface area contributed by atoms with Gasteiger partial charge in [0.1, 0.15) is 11.6 Å². The molecule has 0 radical (unpaired) electrons. The van der Waals surface area contributed by atoms with E-state index in [0.717, 1.165) is 6.07 Å². The minimum absolute atomic E-state index is 0.203. The Hall–Kier alpha value is -2.39. The summed E-state index contributed by atoms with van der Waals surface area (Å²) in [5, 5.41) is 5.48. The van der Waals surface area contributed by atoms with Crippen LogP contribution in [-0.4, -0.2) is 3.26 Å². The predicted molar refractivity (Wildman–Crippen MR) is 158 cm³/mol. The van der Waals surface area contributed by atoms with Crippen molar-refractivity contribution in [2.75, 3.05) is 0 Å². The van der Waals surface area contributed by atoms with Crippen LogP contribution in [0.15, 0.2) is 72.8 Å². The van der Waals surface area contributed by atoms with E-state index in [1.54, 1.807) is 15.4 Å². The van der Waals surface area contributed by atoms with Crippen molar-refractivity contribution in [3.05, 3.63) is 107 Å². The number of hydrogen-bond acceptors (Lipinski definition) is 0. The van der Waals surface area contributed by atoms with E-state index in [1.165, 1.54) is 62.6 Å². The van der Waals surface area contributed by atoms with E-state index in [9.17, 15) is 8.78 Å². The van der Waals surface area contributed by atoms with Crippen molar-refractivity contribution >= 4 is 30.4 Å². The molecule has 1 aliphatic rings. The van der Waals surface area contributed by atoms with Gasteiger partial charge in [-0.1, -0.05) is 95.0 Å². The van der Waals surface area contributed by atoms with Gasteiger partial charge in [-0.3, -0.25) is 0 Å². The molecule has 0 amide bonds. The Morgan fingerprint density at radius 3 is 1.74 bits per heavy atom. The maximum atomic E-state index is 13.2. The summed E-state index contributed by atoms with van der Waals surface area (Å²) in [4.78, 5) is 0. The average Bonchev–Trinajstić information content (AvgIpc) is 3.47. The zero-order valence-corrected chi connectivity index (χ0v) is 27.5. The number of benzene rings is 3. The number of rotatable bonds is 1. The Morgan fingerprint density at radius 1 is 0.816 bits per heavy atom. The SMILES string of the molecule is CC(C)(C)c1ccc2c(c1)[cH-]c1cc(C(C)(C)C)ccc12.C[C](C)=[Hf+2].Fc1cccc(C2=[C-]CC=C2)c1F. The molecule has 4 aromatic rings. The summed E-state index contributed by atoms with van der Waals surface area (Å²) in [6, 6.07) is 20.3. The molecule has 1 aliphatic carbocycles. The summed E-state index contributed by atoms with van der Waals surface area (Å²) in [5.41, 5.74) is 4.14. The van der Waals surface area contributed by atoms with Crippen LogP contribution in [0.3, 0.4) is 0 Å². The molecule has 38 heavy (non-hydrogen) atoms. The molecule has 0 N–H and O–H groups in total. The molecule has 0 aliphatic heterocycles. The quantitative estimate of drug-likeness (QED) is 0.139. The molecule has 5 rings (SSSR count). The van der Waals surface area contributed by atoms with Crippen molar-refractivity contribution in [2.45, 2.75) is 72.6 Å². The van der Waals surface area contributed by atoms with Crippen LogP contribution in [0.1, 0.15) is 78.5 Å². The molecule has 0 fully saturated rings. The molecule has 0 nitrogen and oxygen atoms in total. The third-order valence-electron chi connectivity index (χ3n) is 6.37. The fraction of sp³-hybridized carbons (Fsp3) is 0.314. The fourth-order valence-corrected chi connectivity index (χ4v) is 4.26. The second-order valence-corrected chi connectivity index (χ2v) is 15.6. The van der Waals surface area contributed by atoms with Crippen molar-refractivity contribution in [1.29, 1.82) is 0 Å². The predicted octanol–water partition coefficient (Wildman–Crippen LogP) is 10.2. The summed E-state index contributed by atoms with van der Waals surface area (Å²) >= 11 is 1.27. The van der Waals surface area contributed by atoms with E-state index < -0.39 is 11.6 Å². The average molecular weight is 675 g/mol. The number of allylic oxidation sites excluding steroid dienone is 4. The number of halogens is 2. The molecule has 0 atom stereocenters. The third kappa shape index (κ3) is 7.59. The van der Waals surface area contributed by atoms with Crippen molar-refractivity contribution in [3.63, 3.8) is 0 Å². The Morgan fingerprint density at radius 2 is 1.32 bits per heavy atom. The Labute approximate surface area is 241 Å². The van der Waals surface area contributed by atoms with E-state index in [1.807, 2.05) is 6.08 Å². The van der Waals surface area contributed by atoms with Crippen molar-refractivity contribution < 1.29 is 32.7 Å². The van der Waals surface area contributed by atoms with Crippen LogP contribution in [0.4, 0.5) is 8.78 Å². The Kier molecular flexibility index (Phi) is 9.68. The topological polar surface area (TPSA) is 0 Å². The van der Waals surface area contributed by atoms with Gasteiger partial charge >= 0.3 is 41.0 Å². The Bertz CT molecular complexity index is 1430. The van der Waals surface area contributed by atoms with Crippen molar-refractivity contribution in [1.82, 2.24) is 0 Å². The zero-order valence-electron chi connectivity index (χ0n) is 23.9. The second-order valence-electron chi connectivity index (χ2n) is 12.0. The fourth-order valence-electron chi connectivity index (χ4n) is 4.26. The first kappa shape index (κ1) is 30.2. The van der Waals surface area contributed by atoms with Crippen LogP contribution in [0.5, 0.6) is 0 Å². The summed E-state index contributed by atoms with van der Waals surface area (Å²) in [6.07, 6.45) is 7.22. The van der Waals surface area contributed by atoms with Gasteiger partial charge in [0.05, 0.1) is 0 Å². The minimum atomic E-state index is -0.813. The molecule has 4 aromatic carbocycles. The van der Waals surface area contributed by atoms with E-state index >= 15 is 0 Å². The first-order valence-corrected chi connectivity index (χ1v) is 14.9. The van der Waals surface area contributed by atoms with Crippen LogP contribution in [-0.2, 0) is 34.7 Å². The molecule has 0 spiro atoms. The third-order valence-corrected chi connectivity index (χ3v) is 6.37. The normalized spacial score (nSPS) is 13.1. The zero-order chi connectivity index (χ0) is 28.3. The molecular weight excluding hydrogens is 637 g/mol. The van der Waals surface area contributed by atoms with Gasteiger partial charge < -0.3 is 0 Å². The van der Waals surface area contributed by atoms with Gasteiger partial charge in [0.25, 0.3) is 0 Å². The van der Waals surface area contributed by atoms with Gasteiger partial charge in [-0.05, 0) is 16.9 Å². The first-order valence-electron chi connectivity index (χ1n) is 13.1. The van der Waals surface area contributed by atoms with Gasteiger partial charge in [0, 0.05) is 0 Å². The largest absolute Gasteiger partial charge is 0.218 e. The minimum Gasteiger partial charge on any atom is -0.218 e. The summed E-state index contributed by atoms with van der Waals surface area (Å²) < 4.78 is 27.5. The van der Waals surface area contributed by atoms with Gasteiger partial charge in [0.15, 0.2) is 0 Å². The van der Waals surface area contributed by atoms with Crippen molar-refractivity contribution in [2.24, 2.45) is 0 Å². The first-order chi connectivity index (χ1) is 17.7. The molecular formula is C35H38F2Hf. The van der Waals surface area contributed by atoms with E-state index in [4.69, 9.17) is 0 Å². The summed E-state index contributed by atoms with van der Waals surface area (Å²) in [7, 11) is 0. The van der Waals surface area contributed by atoms with Gasteiger partial charge in [-0.25, -0.2) is 8.78 Å². The van der Waals surface area contributed by atoms with Crippen LogP contribution < -0.4 is 0 Å². The summed E-state index contributed by atoms with van der Waals surface area (Å²) in [6.45, 7) is 17.9. The maximum absolute atomic E-state index is 13.2. The van der Waals surface area contributed by atoms with E-state index in [2.05, 4.69) is 104 Å². The Balaban J connectivity index is 0.000000200. The monoisotopic (exact) mass is 676 g/mol. The molecule has 0 bridgehead atoms.